The molecule has 0 spiro atoms. The normalized spacial score (nSPS) is 14.4. The Labute approximate surface area is 92.3 Å². The molecule has 0 heterocycles. The van der Waals surface area contributed by atoms with Gasteiger partial charge < -0.3 is 15.8 Å². The second-order valence-corrected chi connectivity index (χ2v) is 4.36. The van der Waals surface area contributed by atoms with Gasteiger partial charge >= 0.3 is 12.3 Å². The first-order valence-corrected chi connectivity index (χ1v) is 4.80. The van der Waals surface area contributed by atoms with Gasteiger partial charge in [0.05, 0.1) is 5.92 Å². The average molecular weight is 242 g/mol. The molecule has 0 aliphatic heterocycles. The number of nitrogens with two attached hydrogens (primary N) is 1. The van der Waals surface area contributed by atoms with Crippen LogP contribution >= 0.6 is 0 Å². The fourth-order valence-electron chi connectivity index (χ4n) is 0.853. The molecule has 0 bridgehead atoms. The van der Waals surface area contributed by atoms with Crippen molar-refractivity contribution < 1.29 is 22.7 Å². The highest BCUT2D eigenvalue weighted by Gasteiger charge is 2.38. The van der Waals surface area contributed by atoms with E-state index in [1.807, 2.05) is 5.32 Å². The molecule has 4 nitrogen and oxygen atoms in total. The number of halogens is 3. The number of nitrogens with one attached hydrogen (secondary N) is 1. The summed E-state index contributed by atoms with van der Waals surface area (Å²) in [6.07, 6.45) is -5.29. The maximum Gasteiger partial charge on any atom is 0.407 e. The van der Waals surface area contributed by atoms with Crippen LogP contribution in [0, 0.1) is 5.92 Å². The Balaban J connectivity index is 4.09. The minimum atomic E-state index is -4.41. The SMILES string of the molecule is CC(C)(C)OC(=O)NC[C@@H](CN)C(F)(F)F. The molecular formula is C9H17F3N2O2. The van der Waals surface area contributed by atoms with Crippen LogP contribution < -0.4 is 11.1 Å². The zero-order chi connectivity index (χ0) is 13.0. The van der Waals surface area contributed by atoms with Crippen LogP contribution in [0.15, 0.2) is 0 Å². The van der Waals surface area contributed by atoms with Gasteiger partial charge in [0, 0.05) is 13.1 Å². The summed E-state index contributed by atoms with van der Waals surface area (Å²) in [4.78, 5) is 11.1. The molecule has 0 rings (SSSR count). The summed E-state index contributed by atoms with van der Waals surface area (Å²) in [6.45, 7) is 3.72. The van der Waals surface area contributed by atoms with Crippen molar-refractivity contribution in [2.24, 2.45) is 11.7 Å². The number of carbonyl (C=O) groups excluding carboxylic acids is 1. The van der Waals surface area contributed by atoms with E-state index in [-0.39, 0.29) is 0 Å². The number of rotatable bonds is 3. The van der Waals surface area contributed by atoms with Crippen LogP contribution in [-0.4, -0.2) is 31.0 Å². The van der Waals surface area contributed by atoms with E-state index >= 15 is 0 Å². The van der Waals surface area contributed by atoms with Gasteiger partial charge in [0.2, 0.25) is 0 Å². The van der Waals surface area contributed by atoms with Gasteiger partial charge in [0.25, 0.3) is 0 Å². The van der Waals surface area contributed by atoms with Crippen molar-refractivity contribution in [1.29, 1.82) is 0 Å². The number of alkyl carbamates (subject to hydrolysis) is 1. The molecule has 0 aromatic heterocycles. The number of hydrogen-bond acceptors (Lipinski definition) is 3. The number of alkyl halides is 3. The van der Waals surface area contributed by atoms with E-state index in [4.69, 9.17) is 10.5 Å². The Bertz CT molecular complexity index is 236. The summed E-state index contributed by atoms with van der Waals surface area (Å²) < 4.78 is 41.5. The molecule has 0 aliphatic rings. The highest BCUT2D eigenvalue weighted by atomic mass is 19.4. The van der Waals surface area contributed by atoms with Gasteiger partial charge in [-0.2, -0.15) is 13.2 Å². The Morgan fingerprint density at radius 3 is 2.19 bits per heavy atom. The molecule has 0 radical (unpaired) electrons. The Morgan fingerprint density at radius 1 is 1.38 bits per heavy atom. The summed E-state index contributed by atoms with van der Waals surface area (Å²) in [5.41, 5.74) is 4.22. The molecule has 16 heavy (non-hydrogen) atoms. The lowest BCUT2D eigenvalue weighted by atomic mass is 10.1. The van der Waals surface area contributed by atoms with Crippen LogP contribution in [0.2, 0.25) is 0 Å². The van der Waals surface area contributed by atoms with Gasteiger partial charge in [0.15, 0.2) is 0 Å². The Hall–Kier alpha value is -0.980. The van der Waals surface area contributed by atoms with E-state index in [1.165, 1.54) is 0 Å². The standard InChI is InChI=1S/C9H17F3N2O2/c1-8(2,3)16-7(15)14-5-6(4-13)9(10,11)12/h6H,4-5,13H2,1-3H3,(H,14,15)/t6-/m1/s1. The van der Waals surface area contributed by atoms with Crippen LogP contribution in [0.5, 0.6) is 0 Å². The van der Waals surface area contributed by atoms with E-state index in [2.05, 4.69) is 0 Å². The van der Waals surface area contributed by atoms with E-state index in [1.54, 1.807) is 20.8 Å². The Morgan fingerprint density at radius 2 is 1.88 bits per heavy atom. The van der Waals surface area contributed by atoms with E-state index in [0.717, 1.165) is 0 Å². The van der Waals surface area contributed by atoms with Gasteiger partial charge in [-0.15, -0.1) is 0 Å². The molecule has 7 heteroatoms. The van der Waals surface area contributed by atoms with Gasteiger partial charge in [-0.3, -0.25) is 0 Å². The van der Waals surface area contributed by atoms with Crippen LogP contribution in [0.25, 0.3) is 0 Å². The molecular weight excluding hydrogens is 225 g/mol. The molecule has 3 N–H and O–H groups in total. The molecule has 0 saturated heterocycles. The van der Waals surface area contributed by atoms with Gasteiger partial charge in [-0.25, -0.2) is 4.79 Å². The quantitative estimate of drug-likeness (QED) is 0.790. The van der Waals surface area contributed by atoms with Crippen molar-refractivity contribution in [3.8, 4) is 0 Å². The van der Waals surface area contributed by atoms with E-state index in [9.17, 15) is 18.0 Å². The lowest BCUT2D eigenvalue weighted by molar-refractivity contribution is -0.170. The predicted octanol–water partition coefficient (Wildman–Crippen LogP) is 1.65. The summed E-state index contributed by atoms with van der Waals surface area (Å²) in [6, 6.07) is 0. The van der Waals surface area contributed by atoms with Gasteiger partial charge in [-0.05, 0) is 20.8 Å². The lowest BCUT2D eigenvalue weighted by Gasteiger charge is -2.22. The molecule has 1 amide bonds. The van der Waals surface area contributed by atoms with Crippen molar-refractivity contribution in [3.05, 3.63) is 0 Å². The smallest absolute Gasteiger partial charge is 0.407 e. The molecule has 0 unspecified atom stereocenters. The first-order valence-electron chi connectivity index (χ1n) is 4.80. The largest absolute Gasteiger partial charge is 0.444 e. The molecule has 0 fully saturated rings. The molecule has 0 aromatic rings. The van der Waals surface area contributed by atoms with Crippen molar-refractivity contribution in [1.82, 2.24) is 5.32 Å². The fraction of sp³-hybridized carbons (Fsp3) is 0.889. The third kappa shape index (κ3) is 6.49. The summed E-state index contributed by atoms with van der Waals surface area (Å²) in [5.74, 6) is -1.75. The van der Waals surface area contributed by atoms with Gasteiger partial charge in [0.1, 0.15) is 5.60 Å². The molecule has 1 atom stereocenters. The number of carbonyl (C=O) groups is 1. The monoisotopic (exact) mass is 242 g/mol. The maximum absolute atomic E-state index is 12.2. The first-order chi connectivity index (χ1) is 7.06. The predicted molar refractivity (Wildman–Crippen MR) is 52.8 cm³/mol. The summed E-state index contributed by atoms with van der Waals surface area (Å²) in [5, 5.41) is 2.04. The van der Waals surface area contributed by atoms with E-state index < -0.39 is 36.9 Å². The minimum absolute atomic E-state index is 0.570. The second-order valence-electron chi connectivity index (χ2n) is 4.36. The zero-order valence-electron chi connectivity index (χ0n) is 9.52. The van der Waals surface area contributed by atoms with Crippen molar-refractivity contribution in [3.63, 3.8) is 0 Å². The summed E-state index contributed by atoms with van der Waals surface area (Å²) >= 11 is 0. The lowest BCUT2D eigenvalue weighted by Crippen LogP contribution is -2.42. The number of ether oxygens (including phenoxy) is 1. The topological polar surface area (TPSA) is 64.3 Å². The minimum Gasteiger partial charge on any atom is -0.444 e. The average Bonchev–Trinajstić information content (AvgIpc) is 1.98. The maximum atomic E-state index is 12.2. The zero-order valence-corrected chi connectivity index (χ0v) is 9.52. The number of hydrogen-bond donors (Lipinski definition) is 2. The molecule has 0 aliphatic carbocycles. The van der Waals surface area contributed by atoms with Crippen LogP contribution in [-0.2, 0) is 4.74 Å². The van der Waals surface area contributed by atoms with Crippen molar-refractivity contribution in [2.75, 3.05) is 13.1 Å². The third-order valence-corrected chi connectivity index (χ3v) is 1.64. The number of amides is 1. The highest BCUT2D eigenvalue weighted by molar-refractivity contribution is 5.67. The van der Waals surface area contributed by atoms with Crippen LogP contribution in [0.3, 0.4) is 0 Å². The molecule has 0 saturated carbocycles. The first kappa shape index (κ1) is 15.0. The highest BCUT2D eigenvalue weighted by Crippen LogP contribution is 2.24. The van der Waals surface area contributed by atoms with Crippen LogP contribution in [0.1, 0.15) is 20.8 Å². The summed E-state index contributed by atoms with van der Waals surface area (Å²) in [7, 11) is 0. The van der Waals surface area contributed by atoms with Crippen molar-refractivity contribution >= 4 is 6.09 Å². The van der Waals surface area contributed by atoms with E-state index in [0.29, 0.717) is 0 Å². The molecule has 96 valence electrons. The Kier molecular flexibility index (Phi) is 5.05. The van der Waals surface area contributed by atoms with Crippen molar-refractivity contribution in [2.45, 2.75) is 32.5 Å². The van der Waals surface area contributed by atoms with Gasteiger partial charge in [-0.1, -0.05) is 0 Å². The van der Waals surface area contributed by atoms with Crippen LogP contribution in [0.4, 0.5) is 18.0 Å². The molecule has 0 aromatic carbocycles. The fourth-order valence-corrected chi connectivity index (χ4v) is 0.853. The second kappa shape index (κ2) is 5.38. The third-order valence-electron chi connectivity index (χ3n) is 1.64.